The average molecular weight is 369 g/mol. The van der Waals surface area contributed by atoms with Crippen molar-refractivity contribution < 1.29 is 9.18 Å². The van der Waals surface area contributed by atoms with Crippen LogP contribution in [0.3, 0.4) is 0 Å². The first-order valence-corrected chi connectivity index (χ1v) is 8.06. The van der Waals surface area contributed by atoms with Gasteiger partial charge < -0.3 is 11.1 Å². The fraction of sp³-hybridized carbons (Fsp3) is 0.133. The Balaban J connectivity index is 1.82. The SMILES string of the molecule is Nc1ccc(F)c(NC(=O)CCSc2ccc(Br)cc2)c1. The van der Waals surface area contributed by atoms with Gasteiger partial charge in [0.05, 0.1) is 5.69 Å². The van der Waals surface area contributed by atoms with Gasteiger partial charge in [0.2, 0.25) is 5.91 Å². The quantitative estimate of drug-likeness (QED) is 0.611. The van der Waals surface area contributed by atoms with Crippen molar-refractivity contribution in [3.05, 3.63) is 52.8 Å². The number of nitrogens with one attached hydrogen (secondary N) is 1. The molecule has 0 radical (unpaired) electrons. The van der Waals surface area contributed by atoms with Gasteiger partial charge in [-0.25, -0.2) is 4.39 Å². The number of benzene rings is 2. The molecule has 0 fully saturated rings. The van der Waals surface area contributed by atoms with E-state index in [4.69, 9.17) is 5.73 Å². The van der Waals surface area contributed by atoms with Crippen LogP contribution in [-0.4, -0.2) is 11.7 Å². The van der Waals surface area contributed by atoms with Crippen LogP contribution in [0.4, 0.5) is 15.8 Å². The number of nitrogen functional groups attached to an aromatic ring is 1. The Labute approximate surface area is 135 Å². The molecule has 2 rings (SSSR count). The minimum absolute atomic E-state index is 0.119. The molecular weight excluding hydrogens is 355 g/mol. The van der Waals surface area contributed by atoms with Crippen molar-refractivity contribution in [2.45, 2.75) is 11.3 Å². The molecule has 0 saturated heterocycles. The van der Waals surface area contributed by atoms with Gasteiger partial charge in [0.15, 0.2) is 0 Å². The molecule has 0 heterocycles. The van der Waals surface area contributed by atoms with Crippen LogP contribution in [-0.2, 0) is 4.79 Å². The lowest BCUT2D eigenvalue weighted by Crippen LogP contribution is -2.13. The van der Waals surface area contributed by atoms with Crippen molar-refractivity contribution in [2.75, 3.05) is 16.8 Å². The van der Waals surface area contributed by atoms with Gasteiger partial charge in [-0.3, -0.25) is 4.79 Å². The number of rotatable bonds is 5. The van der Waals surface area contributed by atoms with E-state index in [1.165, 1.54) is 18.2 Å². The smallest absolute Gasteiger partial charge is 0.225 e. The molecule has 2 aromatic rings. The Morgan fingerprint density at radius 3 is 2.67 bits per heavy atom. The van der Waals surface area contributed by atoms with E-state index in [0.29, 0.717) is 17.9 Å². The topological polar surface area (TPSA) is 55.1 Å². The predicted molar refractivity (Wildman–Crippen MR) is 88.9 cm³/mol. The Bertz CT molecular complexity index is 634. The summed E-state index contributed by atoms with van der Waals surface area (Å²) >= 11 is 4.94. The van der Waals surface area contributed by atoms with Crippen LogP contribution in [0.2, 0.25) is 0 Å². The zero-order valence-electron chi connectivity index (χ0n) is 11.1. The molecule has 3 nitrogen and oxygen atoms in total. The van der Waals surface area contributed by atoms with Gasteiger partial charge in [0, 0.05) is 27.2 Å². The highest BCUT2D eigenvalue weighted by Gasteiger charge is 2.07. The normalized spacial score (nSPS) is 10.4. The van der Waals surface area contributed by atoms with E-state index in [1.54, 1.807) is 11.8 Å². The van der Waals surface area contributed by atoms with Crippen LogP contribution in [0.5, 0.6) is 0 Å². The number of hydrogen-bond donors (Lipinski definition) is 2. The summed E-state index contributed by atoms with van der Waals surface area (Å²) in [5, 5.41) is 2.53. The van der Waals surface area contributed by atoms with Crippen molar-refractivity contribution in [1.29, 1.82) is 0 Å². The Hall–Kier alpha value is -1.53. The summed E-state index contributed by atoms with van der Waals surface area (Å²) in [6.07, 6.45) is 0.301. The molecule has 1 amide bonds. The molecule has 110 valence electrons. The summed E-state index contributed by atoms with van der Waals surface area (Å²) in [5.41, 5.74) is 6.10. The minimum atomic E-state index is -0.488. The minimum Gasteiger partial charge on any atom is -0.399 e. The summed E-state index contributed by atoms with van der Waals surface area (Å²) in [4.78, 5) is 12.9. The highest BCUT2D eigenvalue weighted by Crippen LogP contribution is 2.22. The zero-order chi connectivity index (χ0) is 15.2. The molecule has 0 aliphatic heterocycles. The zero-order valence-corrected chi connectivity index (χ0v) is 13.5. The van der Waals surface area contributed by atoms with Crippen molar-refractivity contribution in [2.24, 2.45) is 0 Å². The van der Waals surface area contributed by atoms with E-state index in [9.17, 15) is 9.18 Å². The second-order valence-electron chi connectivity index (χ2n) is 4.34. The number of thioether (sulfide) groups is 1. The van der Waals surface area contributed by atoms with Crippen molar-refractivity contribution >= 4 is 45.0 Å². The lowest BCUT2D eigenvalue weighted by atomic mass is 10.2. The van der Waals surface area contributed by atoms with E-state index >= 15 is 0 Å². The van der Waals surface area contributed by atoms with E-state index in [0.717, 1.165) is 9.37 Å². The van der Waals surface area contributed by atoms with Crippen LogP contribution >= 0.6 is 27.7 Å². The first-order chi connectivity index (χ1) is 10.0. The molecule has 2 aromatic carbocycles. The summed E-state index contributed by atoms with van der Waals surface area (Å²) in [5.74, 6) is -0.0977. The van der Waals surface area contributed by atoms with Gasteiger partial charge >= 0.3 is 0 Å². The fourth-order valence-electron chi connectivity index (χ4n) is 1.64. The third-order valence-electron chi connectivity index (χ3n) is 2.68. The number of anilines is 2. The third-order valence-corrected chi connectivity index (χ3v) is 4.22. The monoisotopic (exact) mass is 368 g/mol. The highest BCUT2D eigenvalue weighted by molar-refractivity contribution is 9.10. The van der Waals surface area contributed by atoms with Gasteiger partial charge in [-0.1, -0.05) is 15.9 Å². The lowest BCUT2D eigenvalue weighted by Gasteiger charge is -2.07. The van der Waals surface area contributed by atoms with Crippen molar-refractivity contribution in [1.82, 2.24) is 0 Å². The molecule has 0 unspecified atom stereocenters. The first-order valence-electron chi connectivity index (χ1n) is 6.28. The van der Waals surface area contributed by atoms with Gasteiger partial charge in [0.1, 0.15) is 5.82 Å². The fourth-order valence-corrected chi connectivity index (χ4v) is 2.76. The second kappa shape index (κ2) is 7.47. The summed E-state index contributed by atoms with van der Waals surface area (Å²) in [6.45, 7) is 0. The number of amides is 1. The number of hydrogen-bond acceptors (Lipinski definition) is 3. The largest absolute Gasteiger partial charge is 0.399 e. The standard InChI is InChI=1S/C15H14BrFN2OS/c16-10-1-4-12(5-2-10)21-8-7-15(20)19-14-9-11(18)3-6-13(14)17/h1-6,9H,7-8,18H2,(H,19,20). The molecule has 0 atom stereocenters. The molecule has 0 aliphatic rings. The van der Waals surface area contributed by atoms with E-state index in [-0.39, 0.29) is 11.6 Å². The molecule has 6 heteroatoms. The number of carbonyl (C=O) groups is 1. The van der Waals surface area contributed by atoms with E-state index in [1.807, 2.05) is 24.3 Å². The molecule has 0 spiro atoms. The molecule has 3 N–H and O–H groups in total. The summed E-state index contributed by atoms with van der Waals surface area (Å²) in [6, 6.07) is 12.0. The maximum atomic E-state index is 13.5. The van der Waals surface area contributed by atoms with Crippen molar-refractivity contribution in [3.63, 3.8) is 0 Å². The van der Waals surface area contributed by atoms with E-state index < -0.39 is 5.82 Å². The Kier molecular flexibility index (Phi) is 5.64. The van der Waals surface area contributed by atoms with Gasteiger partial charge in [0.25, 0.3) is 0 Å². The summed E-state index contributed by atoms with van der Waals surface area (Å²) < 4.78 is 14.5. The van der Waals surface area contributed by atoms with Crippen LogP contribution in [0.1, 0.15) is 6.42 Å². The van der Waals surface area contributed by atoms with Crippen LogP contribution in [0, 0.1) is 5.82 Å². The van der Waals surface area contributed by atoms with Gasteiger partial charge in [-0.2, -0.15) is 0 Å². The van der Waals surface area contributed by atoms with Crippen LogP contribution < -0.4 is 11.1 Å². The number of carbonyl (C=O) groups excluding carboxylic acids is 1. The van der Waals surface area contributed by atoms with Gasteiger partial charge in [-0.15, -0.1) is 11.8 Å². The molecular formula is C15H14BrFN2OS. The first kappa shape index (κ1) is 15.9. The van der Waals surface area contributed by atoms with Crippen molar-refractivity contribution in [3.8, 4) is 0 Å². The Morgan fingerprint density at radius 2 is 1.95 bits per heavy atom. The third kappa shape index (κ3) is 5.06. The maximum Gasteiger partial charge on any atom is 0.225 e. The molecule has 21 heavy (non-hydrogen) atoms. The summed E-state index contributed by atoms with van der Waals surface area (Å²) in [7, 11) is 0. The second-order valence-corrected chi connectivity index (χ2v) is 6.42. The Morgan fingerprint density at radius 1 is 1.24 bits per heavy atom. The lowest BCUT2D eigenvalue weighted by molar-refractivity contribution is -0.115. The molecule has 0 bridgehead atoms. The number of nitrogens with two attached hydrogens (primary N) is 1. The predicted octanol–water partition coefficient (Wildman–Crippen LogP) is 4.29. The van der Waals surface area contributed by atoms with Crippen LogP contribution in [0.25, 0.3) is 0 Å². The highest BCUT2D eigenvalue weighted by atomic mass is 79.9. The molecule has 0 aromatic heterocycles. The average Bonchev–Trinajstić information content (AvgIpc) is 2.45. The van der Waals surface area contributed by atoms with Gasteiger partial charge in [-0.05, 0) is 42.5 Å². The number of halogens is 2. The van der Waals surface area contributed by atoms with E-state index in [2.05, 4.69) is 21.2 Å². The maximum absolute atomic E-state index is 13.5. The van der Waals surface area contributed by atoms with Crippen LogP contribution in [0.15, 0.2) is 51.8 Å². The molecule has 0 saturated carbocycles. The molecule has 0 aliphatic carbocycles.